The van der Waals surface area contributed by atoms with E-state index in [2.05, 4.69) is 36.8 Å². The summed E-state index contributed by atoms with van der Waals surface area (Å²) >= 11 is 5.93. The first-order valence-corrected chi connectivity index (χ1v) is 13.3. The van der Waals surface area contributed by atoms with Crippen molar-refractivity contribution in [3.8, 4) is 0 Å². The van der Waals surface area contributed by atoms with Crippen LogP contribution in [-0.2, 0) is 15.9 Å². The number of nitrogens with one attached hydrogen (secondary N) is 1. The third-order valence-electron chi connectivity index (χ3n) is 6.93. The van der Waals surface area contributed by atoms with E-state index in [1.807, 2.05) is 17.0 Å². The molecule has 2 fully saturated rings. The molecule has 0 radical (unpaired) electrons. The number of likely N-dealkylation sites (tertiary alicyclic amines) is 1. The van der Waals surface area contributed by atoms with Crippen molar-refractivity contribution >= 4 is 36.1 Å². The van der Waals surface area contributed by atoms with Crippen LogP contribution in [0.3, 0.4) is 0 Å². The summed E-state index contributed by atoms with van der Waals surface area (Å²) in [7, 11) is 2.08. The third-order valence-corrected chi connectivity index (χ3v) is 7.19. The summed E-state index contributed by atoms with van der Waals surface area (Å²) in [6.07, 6.45) is 2.78. The van der Waals surface area contributed by atoms with Gasteiger partial charge in [0.1, 0.15) is 0 Å². The molecule has 37 heavy (non-hydrogen) atoms. The van der Waals surface area contributed by atoms with Crippen molar-refractivity contribution in [3.63, 3.8) is 0 Å². The fraction of sp³-hybridized carbons (Fsp3) is 0.448. The third kappa shape index (κ3) is 6.99. The summed E-state index contributed by atoms with van der Waals surface area (Å²) in [5.74, 6) is 0.380. The highest BCUT2D eigenvalue weighted by atomic mass is 35.5. The number of carbonyl (C=O) groups excluding carboxylic acids is 2. The van der Waals surface area contributed by atoms with Crippen molar-refractivity contribution in [2.24, 2.45) is 5.92 Å². The van der Waals surface area contributed by atoms with E-state index in [0.29, 0.717) is 48.4 Å². The van der Waals surface area contributed by atoms with E-state index in [-0.39, 0.29) is 17.9 Å². The number of rotatable bonds is 9. The average Bonchev–Trinajstić information content (AvgIpc) is 2.88. The number of ether oxygens (including phenoxy) is 2. The molecule has 0 aromatic heterocycles. The Hall–Kier alpha value is -2.71. The Kier molecular flexibility index (Phi) is 9.38. The molecule has 2 aliphatic heterocycles. The Morgan fingerprint density at radius 1 is 1.19 bits per heavy atom. The maximum absolute atomic E-state index is 13.0. The maximum Gasteiger partial charge on any atom is 0.253 e. The second kappa shape index (κ2) is 12.7. The van der Waals surface area contributed by atoms with Gasteiger partial charge in [0, 0.05) is 54.8 Å². The molecular weight excluding hydrogens is 490 g/mol. The van der Waals surface area contributed by atoms with Crippen LogP contribution in [0.4, 0.5) is 0 Å². The number of halogens is 1. The number of nitrogens with zero attached hydrogens (tertiary/aromatic N) is 2. The lowest BCUT2D eigenvalue weighted by molar-refractivity contribution is -0.0855. The Labute approximate surface area is 223 Å². The predicted molar refractivity (Wildman–Crippen MR) is 146 cm³/mol. The SMILES string of the molecule is C=c1ccc(C(=O)NCC2COCCO2)c(CC)/c1=C/CN(C)CC1CN(C(=O)c2ccc(Cl)cc2)C1. The molecule has 1 N–H and O–H groups in total. The van der Waals surface area contributed by atoms with Crippen molar-refractivity contribution < 1.29 is 19.1 Å². The summed E-state index contributed by atoms with van der Waals surface area (Å²) in [5.41, 5.74) is 2.35. The van der Waals surface area contributed by atoms with Gasteiger partial charge in [0.25, 0.3) is 11.8 Å². The van der Waals surface area contributed by atoms with Gasteiger partial charge in [0.05, 0.1) is 25.9 Å². The first kappa shape index (κ1) is 27.3. The zero-order chi connectivity index (χ0) is 26.4. The van der Waals surface area contributed by atoms with Gasteiger partial charge in [0.2, 0.25) is 0 Å². The minimum Gasteiger partial charge on any atom is -0.376 e. The molecule has 2 aliphatic rings. The highest BCUT2D eigenvalue weighted by molar-refractivity contribution is 6.30. The van der Waals surface area contributed by atoms with E-state index in [1.165, 1.54) is 0 Å². The zero-order valence-electron chi connectivity index (χ0n) is 21.7. The van der Waals surface area contributed by atoms with E-state index < -0.39 is 0 Å². The fourth-order valence-electron chi connectivity index (χ4n) is 4.91. The van der Waals surface area contributed by atoms with Crippen LogP contribution in [0.15, 0.2) is 36.4 Å². The van der Waals surface area contributed by atoms with Gasteiger partial charge in [-0.05, 0) is 59.8 Å². The second-order valence-corrected chi connectivity index (χ2v) is 10.2. The van der Waals surface area contributed by atoms with Crippen LogP contribution in [-0.4, -0.2) is 87.3 Å². The molecule has 8 heteroatoms. The van der Waals surface area contributed by atoms with Crippen molar-refractivity contribution in [2.75, 3.05) is 59.6 Å². The van der Waals surface area contributed by atoms with Gasteiger partial charge in [0.15, 0.2) is 0 Å². The molecular formula is C29H36ClN3O4. The minimum atomic E-state index is -0.113. The van der Waals surface area contributed by atoms with Gasteiger partial charge < -0.3 is 24.6 Å². The molecule has 1 unspecified atom stereocenters. The Bertz CT molecular complexity index is 1200. The number of hydrogen-bond acceptors (Lipinski definition) is 5. The molecule has 0 saturated carbocycles. The van der Waals surface area contributed by atoms with Gasteiger partial charge in [-0.15, -0.1) is 0 Å². The smallest absolute Gasteiger partial charge is 0.253 e. The largest absolute Gasteiger partial charge is 0.376 e. The number of amides is 2. The van der Waals surface area contributed by atoms with Gasteiger partial charge in [-0.2, -0.15) is 0 Å². The number of carbonyl (C=O) groups is 2. The summed E-state index contributed by atoms with van der Waals surface area (Å²) in [6, 6.07) is 10.8. The van der Waals surface area contributed by atoms with Gasteiger partial charge >= 0.3 is 0 Å². The Morgan fingerprint density at radius 3 is 2.62 bits per heavy atom. The molecule has 4 rings (SSSR count). The van der Waals surface area contributed by atoms with E-state index in [1.54, 1.807) is 24.3 Å². The molecule has 2 amide bonds. The quantitative estimate of drug-likeness (QED) is 0.542. The van der Waals surface area contributed by atoms with Crippen LogP contribution >= 0.6 is 11.6 Å². The molecule has 2 aromatic carbocycles. The zero-order valence-corrected chi connectivity index (χ0v) is 22.4. The monoisotopic (exact) mass is 525 g/mol. The minimum absolute atomic E-state index is 0.0501. The normalized spacial score (nSPS) is 18.6. The van der Waals surface area contributed by atoms with Gasteiger partial charge in [-0.3, -0.25) is 9.59 Å². The van der Waals surface area contributed by atoms with Crippen LogP contribution in [0, 0.1) is 5.92 Å². The molecule has 0 spiro atoms. The van der Waals surface area contributed by atoms with E-state index in [4.69, 9.17) is 21.1 Å². The molecule has 2 heterocycles. The van der Waals surface area contributed by atoms with Crippen LogP contribution < -0.4 is 15.8 Å². The first-order chi connectivity index (χ1) is 17.9. The van der Waals surface area contributed by atoms with Crippen LogP contribution in [0.2, 0.25) is 5.02 Å². The summed E-state index contributed by atoms with van der Waals surface area (Å²) in [4.78, 5) is 29.7. The summed E-state index contributed by atoms with van der Waals surface area (Å²) < 4.78 is 11.1. The number of benzene rings is 2. The van der Waals surface area contributed by atoms with Crippen molar-refractivity contribution in [1.29, 1.82) is 0 Å². The van der Waals surface area contributed by atoms with Crippen molar-refractivity contribution in [2.45, 2.75) is 19.4 Å². The van der Waals surface area contributed by atoms with Gasteiger partial charge in [-0.1, -0.05) is 37.2 Å². The maximum atomic E-state index is 13.0. The molecule has 2 aromatic rings. The molecule has 2 saturated heterocycles. The second-order valence-electron chi connectivity index (χ2n) is 9.80. The molecule has 7 nitrogen and oxygen atoms in total. The summed E-state index contributed by atoms with van der Waals surface area (Å²) in [5, 5.41) is 5.56. The topological polar surface area (TPSA) is 71.1 Å². The molecule has 198 valence electrons. The highest BCUT2D eigenvalue weighted by Gasteiger charge is 2.31. The van der Waals surface area contributed by atoms with Crippen molar-refractivity contribution in [1.82, 2.24) is 15.1 Å². The van der Waals surface area contributed by atoms with Crippen LogP contribution in [0.25, 0.3) is 12.7 Å². The number of hydrogen-bond donors (Lipinski definition) is 1. The van der Waals surface area contributed by atoms with Crippen LogP contribution in [0.5, 0.6) is 0 Å². The lowest BCUT2D eigenvalue weighted by Crippen LogP contribution is -2.53. The van der Waals surface area contributed by atoms with Gasteiger partial charge in [-0.25, -0.2) is 0 Å². The Balaban J connectivity index is 1.33. The fourth-order valence-corrected chi connectivity index (χ4v) is 5.03. The van der Waals surface area contributed by atoms with Crippen molar-refractivity contribution in [3.05, 3.63) is 68.5 Å². The van der Waals surface area contributed by atoms with Crippen LogP contribution in [0.1, 0.15) is 33.2 Å². The molecule has 1 atom stereocenters. The predicted octanol–water partition coefficient (Wildman–Crippen LogP) is 1.94. The van der Waals surface area contributed by atoms with E-state index >= 15 is 0 Å². The standard InChI is InChI=1S/C29H36ClN3O4/c1-4-25-26(20(2)5-10-27(25)28(34)31-15-24-19-36-13-14-37-24)11-12-32(3)16-21-17-33(18-21)29(35)22-6-8-23(30)9-7-22/h5-11,21,24H,2,4,12-19H2,1,3H3,(H,31,34)/b26-11+. The lowest BCUT2D eigenvalue weighted by atomic mass is 9.98. The average molecular weight is 526 g/mol. The first-order valence-electron chi connectivity index (χ1n) is 12.9. The van der Waals surface area contributed by atoms with E-state index in [0.717, 1.165) is 48.6 Å². The van der Waals surface area contributed by atoms with E-state index in [9.17, 15) is 9.59 Å². The Morgan fingerprint density at radius 2 is 1.95 bits per heavy atom. The summed E-state index contributed by atoms with van der Waals surface area (Å²) in [6.45, 7) is 11.5. The molecule has 0 aliphatic carbocycles. The molecule has 0 bridgehead atoms. The highest BCUT2D eigenvalue weighted by Crippen LogP contribution is 2.20. The lowest BCUT2D eigenvalue weighted by Gasteiger charge is -2.41.